The number of benzene rings is 1. The fraction of sp³-hybridized carbons (Fsp3) is 0.562. The van der Waals surface area contributed by atoms with E-state index in [2.05, 4.69) is 5.32 Å². The van der Waals surface area contributed by atoms with Gasteiger partial charge in [-0.15, -0.1) is 11.8 Å². The Morgan fingerprint density at radius 2 is 2.25 bits per heavy atom. The van der Waals surface area contributed by atoms with Crippen LogP contribution in [-0.2, 0) is 4.74 Å². The first-order chi connectivity index (χ1) is 9.70. The van der Waals surface area contributed by atoms with Crippen LogP contribution in [0.2, 0.25) is 0 Å². The number of ether oxygens (including phenoxy) is 1. The molecular formula is C16H23NO2S. The van der Waals surface area contributed by atoms with Gasteiger partial charge in [-0.25, -0.2) is 0 Å². The Labute approximate surface area is 125 Å². The molecule has 0 saturated heterocycles. The van der Waals surface area contributed by atoms with Crippen LogP contribution in [0.25, 0.3) is 0 Å². The van der Waals surface area contributed by atoms with Gasteiger partial charge in [-0.05, 0) is 56.1 Å². The number of hydrogen-bond donors (Lipinski definition) is 1. The van der Waals surface area contributed by atoms with Gasteiger partial charge in [0.25, 0.3) is 5.91 Å². The second-order valence-electron chi connectivity index (χ2n) is 5.31. The van der Waals surface area contributed by atoms with Crippen LogP contribution < -0.4 is 5.32 Å². The van der Waals surface area contributed by atoms with E-state index in [1.54, 1.807) is 11.8 Å². The van der Waals surface area contributed by atoms with Gasteiger partial charge in [-0.3, -0.25) is 4.79 Å². The monoisotopic (exact) mass is 293 g/mol. The lowest BCUT2D eigenvalue weighted by Gasteiger charge is -2.09. The molecule has 1 saturated carbocycles. The smallest absolute Gasteiger partial charge is 0.251 e. The molecule has 110 valence electrons. The van der Waals surface area contributed by atoms with Crippen LogP contribution >= 0.6 is 11.8 Å². The summed E-state index contributed by atoms with van der Waals surface area (Å²) in [6, 6.07) is 6.00. The van der Waals surface area contributed by atoms with Gasteiger partial charge in [-0.1, -0.05) is 6.07 Å². The average Bonchev–Trinajstić information content (AvgIpc) is 3.27. The quantitative estimate of drug-likeness (QED) is 0.590. The molecule has 1 aromatic carbocycles. The van der Waals surface area contributed by atoms with Gasteiger partial charge in [0.05, 0.1) is 0 Å². The zero-order chi connectivity index (χ0) is 14.4. The van der Waals surface area contributed by atoms with Crippen molar-refractivity contribution in [3.8, 4) is 0 Å². The normalized spacial score (nSPS) is 14.3. The maximum Gasteiger partial charge on any atom is 0.251 e. The molecule has 1 aliphatic carbocycles. The highest BCUT2D eigenvalue weighted by Crippen LogP contribution is 2.28. The summed E-state index contributed by atoms with van der Waals surface area (Å²) in [7, 11) is 0. The van der Waals surface area contributed by atoms with Crippen molar-refractivity contribution in [1.29, 1.82) is 0 Å². The predicted molar refractivity (Wildman–Crippen MR) is 83.5 cm³/mol. The number of carbonyl (C=O) groups is 1. The van der Waals surface area contributed by atoms with Gasteiger partial charge in [0, 0.05) is 30.2 Å². The Hall–Kier alpha value is -1.00. The van der Waals surface area contributed by atoms with E-state index in [0.717, 1.165) is 41.6 Å². The van der Waals surface area contributed by atoms with Gasteiger partial charge < -0.3 is 10.1 Å². The van der Waals surface area contributed by atoms with Crippen LogP contribution in [0.4, 0.5) is 0 Å². The van der Waals surface area contributed by atoms with E-state index in [4.69, 9.17) is 4.74 Å². The minimum atomic E-state index is 0.0144. The standard InChI is InChI=1S/C16H23NO2S/c1-12-4-7-14(20-2)10-15(12)16(18)17-8-3-9-19-11-13-5-6-13/h4,7,10,13H,3,5-6,8-9,11H2,1-2H3,(H,17,18). The Balaban J connectivity index is 1.70. The number of hydrogen-bond acceptors (Lipinski definition) is 3. The van der Waals surface area contributed by atoms with Crippen molar-refractivity contribution >= 4 is 17.7 Å². The molecular weight excluding hydrogens is 270 g/mol. The summed E-state index contributed by atoms with van der Waals surface area (Å²) in [5.41, 5.74) is 1.79. The summed E-state index contributed by atoms with van der Waals surface area (Å²) in [5.74, 6) is 0.821. The van der Waals surface area contributed by atoms with Crippen molar-refractivity contribution in [2.45, 2.75) is 31.1 Å². The minimum Gasteiger partial charge on any atom is -0.381 e. The molecule has 1 N–H and O–H groups in total. The molecule has 0 atom stereocenters. The van der Waals surface area contributed by atoms with Crippen LogP contribution in [0.1, 0.15) is 35.2 Å². The maximum atomic E-state index is 12.1. The van der Waals surface area contributed by atoms with Crippen molar-refractivity contribution < 1.29 is 9.53 Å². The molecule has 20 heavy (non-hydrogen) atoms. The molecule has 1 aromatic rings. The number of amides is 1. The molecule has 0 spiro atoms. The van der Waals surface area contributed by atoms with Crippen molar-refractivity contribution in [2.24, 2.45) is 5.92 Å². The topological polar surface area (TPSA) is 38.3 Å². The molecule has 1 amide bonds. The van der Waals surface area contributed by atoms with Crippen molar-refractivity contribution in [3.05, 3.63) is 29.3 Å². The minimum absolute atomic E-state index is 0.0144. The van der Waals surface area contributed by atoms with Crippen molar-refractivity contribution in [2.75, 3.05) is 26.0 Å². The van der Waals surface area contributed by atoms with Gasteiger partial charge in [0.1, 0.15) is 0 Å². The fourth-order valence-corrected chi connectivity index (χ4v) is 2.42. The Morgan fingerprint density at radius 3 is 2.95 bits per heavy atom. The summed E-state index contributed by atoms with van der Waals surface area (Å²) in [4.78, 5) is 13.2. The Bertz CT molecular complexity index is 458. The second-order valence-corrected chi connectivity index (χ2v) is 6.19. The molecule has 0 heterocycles. The van der Waals surface area contributed by atoms with E-state index in [9.17, 15) is 4.79 Å². The molecule has 0 radical (unpaired) electrons. The molecule has 0 unspecified atom stereocenters. The molecule has 4 heteroatoms. The van der Waals surface area contributed by atoms with Gasteiger partial charge >= 0.3 is 0 Å². The van der Waals surface area contributed by atoms with Crippen molar-refractivity contribution in [1.82, 2.24) is 5.32 Å². The number of thioether (sulfide) groups is 1. The number of aryl methyl sites for hydroxylation is 1. The van der Waals surface area contributed by atoms with E-state index in [1.807, 2.05) is 31.4 Å². The van der Waals surface area contributed by atoms with Crippen LogP contribution in [0.3, 0.4) is 0 Å². The summed E-state index contributed by atoms with van der Waals surface area (Å²) < 4.78 is 5.55. The fourth-order valence-electron chi connectivity index (χ4n) is 1.98. The molecule has 0 aliphatic heterocycles. The van der Waals surface area contributed by atoms with Crippen molar-refractivity contribution in [3.63, 3.8) is 0 Å². The first-order valence-electron chi connectivity index (χ1n) is 7.21. The van der Waals surface area contributed by atoms with Crippen LogP contribution in [0, 0.1) is 12.8 Å². The zero-order valence-electron chi connectivity index (χ0n) is 12.3. The second kappa shape index (κ2) is 7.70. The lowest BCUT2D eigenvalue weighted by atomic mass is 10.1. The summed E-state index contributed by atoms with van der Waals surface area (Å²) in [5, 5.41) is 2.97. The molecule has 0 bridgehead atoms. The number of rotatable bonds is 8. The highest BCUT2D eigenvalue weighted by molar-refractivity contribution is 7.98. The third-order valence-corrected chi connectivity index (χ3v) is 4.22. The first kappa shape index (κ1) is 15.4. The molecule has 2 rings (SSSR count). The molecule has 1 fully saturated rings. The lowest BCUT2D eigenvalue weighted by Crippen LogP contribution is -2.26. The first-order valence-corrected chi connectivity index (χ1v) is 8.43. The van der Waals surface area contributed by atoms with E-state index in [0.29, 0.717) is 6.54 Å². The third kappa shape index (κ3) is 4.84. The van der Waals surface area contributed by atoms with E-state index in [-0.39, 0.29) is 5.91 Å². The van der Waals surface area contributed by atoms with Gasteiger partial charge in [0.15, 0.2) is 0 Å². The zero-order valence-corrected chi connectivity index (χ0v) is 13.1. The summed E-state index contributed by atoms with van der Waals surface area (Å²) >= 11 is 1.65. The van der Waals surface area contributed by atoms with E-state index < -0.39 is 0 Å². The lowest BCUT2D eigenvalue weighted by molar-refractivity contribution is 0.0936. The average molecular weight is 293 g/mol. The van der Waals surface area contributed by atoms with Crippen LogP contribution in [0.15, 0.2) is 23.1 Å². The molecule has 0 aromatic heterocycles. The predicted octanol–water partition coefficient (Wildman–Crippen LogP) is 3.26. The van der Waals surface area contributed by atoms with Gasteiger partial charge in [0.2, 0.25) is 0 Å². The Morgan fingerprint density at radius 1 is 1.45 bits per heavy atom. The van der Waals surface area contributed by atoms with Gasteiger partial charge in [-0.2, -0.15) is 0 Å². The van der Waals surface area contributed by atoms with E-state index in [1.165, 1.54) is 12.8 Å². The SMILES string of the molecule is CSc1ccc(C)c(C(=O)NCCCOCC2CC2)c1. The maximum absolute atomic E-state index is 12.1. The van der Waals surface area contributed by atoms with Crippen LogP contribution in [0.5, 0.6) is 0 Å². The number of nitrogens with one attached hydrogen (secondary N) is 1. The Kier molecular flexibility index (Phi) is 5.92. The van der Waals surface area contributed by atoms with Crippen LogP contribution in [-0.4, -0.2) is 31.9 Å². The highest BCUT2D eigenvalue weighted by atomic mass is 32.2. The molecule has 1 aliphatic rings. The third-order valence-electron chi connectivity index (χ3n) is 3.49. The number of carbonyl (C=O) groups excluding carboxylic acids is 1. The molecule has 3 nitrogen and oxygen atoms in total. The summed E-state index contributed by atoms with van der Waals surface area (Å²) in [6.07, 6.45) is 5.53. The largest absolute Gasteiger partial charge is 0.381 e. The highest BCUT2D eigenvalue weighted by Gasteiger charge is 2.20. The summed E-state index contributed by atoms with van der Waals surface area (Å²) in [6.45, 7) is 4.27. The van der Waals surface area contributed by atoms with E-state index >= 15 is 0 Å².